The van der Waals surface area contributed by atoms with Gasteiger partial charge in [-0.15, -0.1) is 0 Å². The van der Waals surface area contributed by atoms with E-state index < -0.39 is 30.7 Å². The first kappa shape index (κ1) is 14.3. The molecule has 0 amide bonds. The van der Waals surface area contributed by atoms with Gasteiger partial charge in [0.05, 0.1) is 0 Å². The van der Waals surface area contributed by atoms with Crippen LogP contribution in [0.4, 0.5) is 22.0 Å². The van der Waals surface area contributed by atoms with E-state index in [2.05, 4.69) is 0 Å². The van der Waals surface area contributed by atoms with Gasteiger partial charge in [-0.05, 0) is 12.8 Å². The van der Waals surface area contributed by atoms with Crippen molar-refractivity contribution in [1.29, 1.82) is 0 Å². The van der Waals surface area contributed by atoms with E-state index in [-0.39, 0.29) is 19.3 Å². The van der Waals surface area contributed by atoms with Gasteiger partial charge in [0.15, 0.2) is 5.78 Å². The molecule has 0 aromatic heterocycles. The third-order valence-corrected chi connectivity index (χ3v) is 1.97. The zero-order valence-electron chi connectivity index (χ0n) is 8.33. The number of halogens is 5. The normalized spacial score (nSPS) is 12.9. The second-order valence-electron chi connectivity index (χ2n) is 3.44. The quantitative estimate of drug-likeness (QED) is 0.503. The molecular weight excluding hydrogens is 219 g/mol. The lowest BCUT2D eigenvalue weighted by molar-refractivity contribution is -0.142. The molecule has 0 aromatic carbocycles. The number of alkyl halides is 5. The van der Waals surface area contributed by atoms with E-state index >= 15 is 0 Å². The van der Waals surface area contributed by atoms with Gasteiger partial charge >= 0.3 is 12.1 Å². The van der Waals surface area contributed by atoms with Crippen molar-refractivity contribution in [2.24, 2.45) is 0 Å². The van der Waals surface area contributed by atoms with Gasteiger partial charge in [0.2, 0.25) is 0 Å². The minimum atomic E-state index is -4.23. The Bertz CT molecular complexity index is 209. The Hall–Kier alpha value is -0.680. The Morgan fingerprint density at radius 2 is 1.40 bits per heavy atom. The molecule has 15 heavy (non-hydrogen) atoms. The SMILES string of the molecule is CC(=O)C(F)(F)CCCCCC(F)(F)F. The van der Waals surface area contributed by atoms with E-state index in [1.807, 2.05) is 0 Å². The number of ketones is 1. The zero-order chi connectivity index (χ0) is 12.1. The molecule has 0 atom stereocenters. The maximum absolute atomic E-state index is 12.6. The summed E-state index contributed by atoms with van der Waals surface area (Å²) in [5.74, 6) is -4.63. The maximum atomic E-state index is 12.6. The lowest BCUT2D eigenvalue weighted by atomic mass is 10.1. The van der Waals surface area contributed by atoms with Crippen LogP contribution < -0.4 is 0 Å². The first-order valence-corrected chi connectivity index (χ1v) is 4.61. The van der Waals surface area contributed by atoms with Gasteiger partial charge in [-0.3, -0.25) is 4.79 Å². The van der Waals surface area contributed by atoms with E-state index in [1.165, 1.54) is 0 Å². The van der Waals surface area contributed by atoms with Crippen molar-refractivity contribution in [3.8, 4) is 0 Å². The topological polar surface area (TPSA) is 17.1 Å². The van der Waals surface area contributed by atoms with Crippen molar-refractivity contribution in [2.45, 2.75) is 51.1 Å². The molecule has 0 aliphatic carbocycles. The molecule has 6 heteroatoms. The molecular formula is C9H13F5O. The van der Waals surface area contributed by atoms with Crippen LogP contribution in [-0.4, -0.2) is 17.9 Å². The van der Waals surface area contributed by atoms with Crippen LogP contribution in [0.25, 0.3) is 0 Å². The van der Waals surface area contributed by atoms with Gasteiger partial charge in [-0.25, -0.2) is 0 Å². The summed E-state index contributed by atoms with van der Waals surface area (Å²) in [6, 6.07) is 0. The summed E-state index contributed by atoms with van der Waals surface area (Å²) in [7, 11) is 0. The third kappa shape index (κ3) is 7.27. The highest BCUT2D eigenvalue weighted by molar-refractivity contribution is 5.82. The molecule has 1 nitrogen and oxygen atoms in total. The summed E-state index contributed by atoms with van der Waals surface area (Å²) < 4.78 is 60.2. The second kappa shape index (κ2) is 5.42. The lowest BCUT2D eigenvalue weighted by Crippen LogP contribution is -2.25. The maximum Gasteiger partial charge on any atom is 0.389 e. The number of unbranched alkanes of at least 4 members (excludes halogenated alkanes) is 2. The van der Waals surface area contributed by atoms with E-state index in [9.17, 15) is 26.7 Å². The monoisotopic (exact) mass is 232 g/mol. The smallest absolute Gasteiger partial charge is 0.293 e. The minimum absolute atomic E-state index is 0.0579. The van der Waals surface area contributed by atoms with Crippen molar-refractivity contribution < 1.29 is 26.7 Å². The number of carbonyl (C=O) groups excluding carboxylic acids is 1. The van der Waals surface area contributed by atoms with Gasteiger partial charge < -0.3 is 0 Å². The van der Waals surface area contributed by atoms with E-state index in [1.54, 1.807) is 0 Å². The molecule has 0 heterocycles. The molecule has 0 unspecified atom stereocenters. The number of hydrogen-bond acceptors (Lipinski definition) is 1. The number of hydrogen-bond donors (Lipinski definition) is 0. The predicted molar refractivity (Wildman–Crippen MR) is 44.8 cm³/mol. The summed E-state index contributed by atoms with van der Waals surface area (Å²) >= 11 is 0. The molecule has 0 fully saturated rings. The molecule has 0 spiro atoms. The van der Waals surface area contributed by atoms with Crippen LogP contribution in [0.15, 0.2) is 0 Å². The van der Waals surface area contributed by atoms with E-state index in [4.69, 9.17) is 0 Å². The minimum Gasteiger partial charge on any atom is -0.293 e. The summed E-state index contributed by atoms with van der Waals surface area (Å²) in [5, 5.41) is 0. The molecule has 0 radical (unpaired) electrons. The fraction of sp³-hybridized carbons (Fsp3) is 0.889. The summed E-state index contributed by atoms with van der Waals surface area (Å²) in [6.07, 6.45) is -6.04. The molecule has 0 bridgehead atoms. The van der Waals surface area contributed by atoms with Crippen LogP contribution in [0.1, 0.15) is 39.0 Å². The fourth-order valence-electron chi connectivity index (χ4n) is 1.03. The number of Topliss-reactive ketones (excluding diaryl/α,β-unsaturated/α-hetero) is 1. The Morgan fingerprint density at radius 1 is 0.933 bits per heavy atom. The standard InChI is InChI=1S/C9H13F5O/c1-7(15)8(10,11)5-3-2-4-6-9(12,13)14/h2-6H2,1H3. The summed E-state index contributed by atoms with van der Waals surface area (Å²) in [6.45, 7) is 0.774. The number of carbonyl (C=O) groups is 1. The predicted octanol–water partition coefficient (Wildman–Crippen LogP) is 3.72. The van der Waals surface area contributed by atoms with Gasteiger partial charge in [0.1, 0.15) is 0 Å². The highest BCUT2D eigenvalue weighted by atomic mass is 19.4. The van der Waals surface area contributed by atoms with Gasteiger partial charge in [0, 0.05) is 19.8 Å². The zero-order valence-corrected chi connectivity index (χ0v) is 8.33. The van der Waals surface area contributed by atoms with Crippen LogP contribution in [0.5, 0.6) is 0 Å². The largest absolute Gasteiger partial charge is 0.389 e. The van der Waals surface area contributed by atoms with Crippen molar-refractivity contribution in [3.05, 3.63) is 0 Å². The van der Waals surface area contributed by atoms with Crippen LogP contribution in [0, 0.1) is 0 Å². The molecule has 0 rings (SSSR count). The Balaban J connectivity index is 3.60. The first-order valence-electron chi connectivity index (χ1n) is 4.61. The van der Waals surface area contributed by atoms with Crippen molar-refractivity contribution in [1.82, 2.24) is 0 Å². The van der Waals surface area contributed by atoms with E-state index in [0.717, 1.165) is 6.92 Å². The fourth-order valence-corrected chi connectivity index (χ4v) is 1.03. The summed E-state index contributed by atoms with van der Waals surface area (Å²) in [5.41, 5.74) is 0. The first-order chi connectivity index (χ1) is 6.65. The lowest BCUT2D eigenvalue weighted by Gasteiger charge is -2.12. The van der Waals surface area contributed by atoms with Crippen LogP contribution in [0.3, 0.4) is 0 Å². The molecule has 0 saturated heterocycles. The molecule has 0 aliphatic heterocycles. The third-order valence-electron chi connectivity index (χ3n) is 1.97. The highest BCUT2D eigenvalue weighted by Gasteiger charge is 2.34. The summed E-state index contributed by atoms with van der Waals surface area (Å²) in [4.78, 5) is 10.4. The molecule has 0 aromatic rings. The van der Waals surface area contributed by atoms with Crippen molar-refractivity contribution in [2.75, 3.05) is 0 Å². The van der Waals surface area contributed by atoms with Gasteiger partial charge in [-0.1, -0.05) is 6.42 Å². The highest BCUT2D eigenvalue weighted by Crippen LogP contribution is 2.26. The van der Waals surface area contributed by atoms with E-state index in [0.29, 0.717) is 0 Å². The van der Waals surface area contributed by atoms with Gasteiger partial charge in [0.25, 0.3) is 0 Å². The van der Waals surface area contributed by atoms with Crippen LogP contribution in [0.2, 0.25) is 0 Å². The van der Waals surface area contributed by atoms with Crippen LogP contribution >= 0.6 is 0 Å². The van der Waals surface area contributed by atoms with Gasteiger partial charge in [-0.2, -0.15) is 22.0 Å². The Morgan fingerprint density at radius 3 is 1.80 bits per heavy atom. The van der Waals surface area contributed by atoms with Crippen molar-refractivity contribution >= 4 is 5.78 Å². The van der Waals surface area contributed by atoms with Crippen molar-refractivity contribution in [3.63, 3.8) is 0 Å². The molecule has 0 aliphatic rings. The second-order valence-corrected chi connectivity index (χ2v) is 3.44. The average Bonchev–Trinajstić information content (AvgIpc) is 2.00. The molecule has 0 N–H and O–H groups in total. The molecule has 0 saturated carbocycles. The van der Waals surface area contributed by atoms with Crippen LogP contribution in [-0.2, 0) is 4.79 Å². The molecule has 90 valence electrons. The Kier molecular flexibility index (Phi) is 5.17. The number of rotatable bonds is 6. The Labute approximate surface area is 84.6 Å². The average molecular weight is 232 g/mol.